The third-order valence-corrected chi connectivity index (χ3v) is 3.96. The van der Waals surface area contributed by atoms with Crippen LogP contribution in [-0.2, 0) is 4.74 Å². The minimum absolute atomic E-state index is 0.707. The van der Waals surface area contributed by atoms with Crippen LogP contribution in [-0.4, -0.2) is 50.3 Å². The lowest BCUT2D eigenvalue weighted by molar-refractivity contribution is 0.142. The Balaban J connectivity index is 1.63. The fourth-order valence-corrected chi connectivity index (χ4v) is 2.81. The minimum Gasteiger partial charge on any atom is -0.381 e. The summed E-state index contributed by atoms with van der Waals surface area (Å²) in [6.45, 7) is 9.20. The molecule has 0 aromatic rings. The van der Waals surface area contributed by atoms with Gasteiger partial charge in [-0.3, -0.25) is 0 Å². The highest BCUT2D eigenvalue weighted by molar-refractivity contribution is 4.78. The number of ether oxygens (including phenoxy) is 1. The van der Waals surface area contributed by atoms with Crippen LogP contribution in [0.2, 0.25) is 0 Å². The number of hydrogen-bond acceptors (Lipinski definition) is 3. The van der Waals surface area contributed by atoms with E-state index in [1.54, 1.807) is 0 Å². The van der Waals surface area contributed by atoms with Gasteiger partial charge in [-0.05, 0) is 51.2 Å². The zero-order valence-corrected chi connectivity index (χ0v) is 10.6. The van der Waals surface area contributed by atoms with Gasteiger partial charge in [-0.15, -0.1) is 0 Å². The molecular weight excluding hydrogens is 200 g/mol. The lowest BCUT2D eigenvalue weighted by atomic mass is 10.1. The average Bonchev–Trinajstić information content (AvgIpc) is 2.61. The van der Waals surface area contributed by atoms with E-state index >= 15 is 0 Å². The topological polar surface area (TPSA) is 24.5 Å². The molecule has 2 atom stereocenters. The molecule has 3 nitrogen and oxygen atoms in total. The molecule has 0 bridgehead atoms. The summed E-state index contributed by atoms with van der Waals surface area (Å²) in [5.41, 5.74) is 0. The smallest absolute Gasteiger partial charge is 0.0480 e. The lowest BCUT2D eigenvalue weighted by Gasteiger charge is -2.19. The second-order valence-electron chi connectivity index (χ2n) is 5.20. The van der Waals surface area contributed by atoms with Gasteiger partial charge in [0, 0.05) is 25.8 Å². The third kappa shape index (κ3) is 3.72. The second kappa shape index (κ2) is 6.58. The fraction of sp³-hybridized carbons (Fsp3) is 1.00. The van der Waals surface area contributed by atoms with Gasteiger partial charge in [0.2, 0.25) is 0 Å². The van der Waals surface area contributed by atoms with Crippen molar-refractivity contribution in [3.63, 3.8) is 0 Å². The summed E-state index contributed by atoms with van der Waals surface area (Å²) in [5.74, 6) is 0.879. The first-order valence-electron chi connectivity index (χ1n) is 6.92. The maximum absolute atomic E-state index is 5.48. The largest absolute Gasteiger partial charge is 0.381 e. The van der Waals surface area contributed by atoms with E-state index in [1.165, 1.54) is 51.9 Å². The molecule has 16 heavy (non-hydrogen) atoms. The predicted octanol–water partition coefficient (Wildman–Crippen LogP) is 1.49. The quantitative estimate of drug-likeness (QED) is 0.786. The highest BCUT2D eigenvalue weighted by Crippen LogP contribution is 2.16. The molecular formula is C13H26N2O. The average molecular weight is 226 g/mol. The fourth-order valence-electron chi connectivity index (χ4n) is 2.81. The molecule has 2 aliphatic heterocycles. The van der Waals surface area contributed by atoms with Crippen molar-refractivity contribution >= 4 is 0 Å². The van der Waals surface area contributed by atoms with Gasteiger partial charge < -0.3 is 15.0 Å². The minimum atomic E-state index is 0.707. The van der Waals surface area contributed by atoms with E-state index < -0.39 is 0 Å². The van der Waals surface area contributed by atoms with Crippen LogP contribution < -0.4 is 5.32 Å². The van der Waals surface area contributed by atoms with Crippen molar-refractivity contribution in [2.24, 2.45) is 5.92 Å². The van der Waals surface area contributed by atoms with Gasteiger partial charge in [-0.25, -0.2) is 0 Å². The molecule has 94 valence electrons. The highest BCUT2D eigenvalue weighted by Gasteiger charge is 2.22. The van der Waals surface area contributed by atoms with Crippen LogP contribution in [0.15, 0.2) is 0 Å². The van der Waals surface area contributed by atoms with Crippen molar-refractivity contribution in [1.82, 2.24) is 10.2 Å². The Labute approximate surface area is 99.5 Å². The van der Waals surface area contributed by atoms with Gasteiger partial charge in [0.1, 0.15) is 0 Å². The molecule has 0 radical (unpaired) electrons. The molecule has 0 spiro atoms. The first kappa shape index (κ1) is 12.3. The number of nitrogens with one attached hydrogen (secondary N) is 1. The van der Waals surface area contributed by atoms with Crippen LogP contribution in [0, 0.1) is 5.92 Å². The zero-order chi connectivity index (χ0) is 11.2. The monoisotopic (exact) mass is 226 g/mol. The van der Waals surface area contributed by atoms with Crippen LogP contribution in [0.3, 0.4) is 0 Å². The molecule has 2 rings (SSSR count). The van der Waals surface area contributed by atoms with E-state index in [0.29, 0.717) is 6.04 Å². The zero-order valence-electron chi connectivity index (χ0n) is 10.6. The first-order chi connectivity index (χ1) is 7.88. The van der Waals surface area contributed by atoms with E-state index in [2.05, 4.69) is 17.1 Å². The molecule has 2 heterocycles. The van der Waals surface area contributed by atoms with Crippen LogP contribution >= 0.6 is 0 Å². The lowest BCUT2D eigenvalue weighted by Crippen LogP contribution is -2.34. The molecule has 0 aromatic carbocycles. The van der Waals surface area contributed by atoms with Crippen LogP contribution in [0.25, 0.3) is 0 Å². The Bertz CT molecular complexity index is 190. The number of hydrogen-bond donors (Lipinski definition) is 1. The van der Waals surface area contributed by atoms with Crippen LogP contribution in [0.1, 0.15) is 32.6 Å². The van der Waals surface area contributed by atoms with Gasteiger partial charge in [0.05, 0.1) is 0 Å². The summed E-state index contributed by atoms with van der Waals surface area (Å²) in [4.78, 5) is 2.56. The Morgan fingerprint density at radius 2 is 2.19 bits per heavy atom. The Hall–Kier alpha value is -0.120. The standard InChI is InChI=1S/C13H26N2O/c1-2-15-7-5-12(11-15)10-14-13-4-3-8-16-9-6-13/h12-14H,2-11H2,1H3. The van der Waals surface area contributed by atoms with E-state index in [-0.39, 0.29) is 0 Å². The van der Waals surface area contributed by atoms with Crippen molar-refractivity contribution in [3.05, 3.63) is 0 Å². The number of nitrogens with zero attached hydrogens (tertiary/aromatic N) is 1. The van der Waals surface area contributed by atoms with Gasteiger partial charge in [-0.1, -0.05) is 6.92 Å². The number of rotatable bonds is 4. The van der Waals surface area contributed by atoms with Gasteiger partial charge in [0.25, 0.3) is 0 Å². The summed E-state index contributed by atoms with van der Waals surface area (Å²) in [6.07, 6.45) is 5.10. The predicted molar refractivity (Wildman–Crippen MR) is 66.7 cm³/mol. The Morgan fingerprint density at radius 1 is 1.25 bits per heavy atom. The first-order valence-corrected chi connectivity index (χ1v) is 6.92. The van der Waals surface area contributed by atoms with E-state index in [9.17, 15) is 0 Å². The van der Waals surface area contributed by atoms with Crippen LogP contribution in [0.5, 0.6) is 0 Å². The third-order valence-electron chi connectivity index (χ3n) is 3.96. The maximum atomic E-state index is 5.48. The van der Waals surface area contributed by atoms with Crippen molar-refractivity contribution in [3.8, 4) is 0 Å². The second-order valence-corrected chi connectivity index (χ2v) is 5.20. The van der Waals surface area contributed by atoms with E-state index in [1.807, 2.05) is 0 Å². The summed E-state index contributed by atoms with van der Waals surface area (Å²) in [5, 5.41) is 3.74. The molecule has 1 N–H and O–H groups in total. The molecule has 3 heteroatoms. The van der Waals surface area contributed by atoms with Crippen LogP contribution in [0.4, 0.5) is 0 Å². The summed E-state index contributed by atoms with van der Waals surface area (Å²) in [6, 6.07) is 0.707. The summed E-state index contributed by atoms with van der Waals surface area (Å²) < 4.78 is 5.48. The molecule has 0 aromatic heterocycles. The van der Waals surface area contributed by atoms with Gasteiger partial charge in [-0.2, -0.15) is 0 Å². The molecule has 0 saturated carbocycles. The van der Waals surface area contributed by atoms with Gasteiger partial charge >= 0.3 is 0 Å². The van der Waals surface area contributed by atoms with Crippen molar-refractivity contribution in [1.29, 1.82) is 0 Å². The molecule has 2 fully saturated rings. The molecule has 2 saturated heterocycles. The van der Waals surface area contributed by atoms with Crippen molar-refractivity contribution in [2.75, 3.05) is 39.4 Å². The van der Waals surface area contributed by atoms with E-state index in [4.69, 9.17) is 4.74 Å². The summed E-state index contributed by atoms with van der Waals surface area (Å²) >= 11 is 0. The van der Waals surface area contributed by atoms with Gasteiger partial charge in [0.15, 0.2) is 0 Å². The Morgan fingerprint density at radius 3 is 3.00 bits per heavy atom. The maximum Gasteiger partial charge on any atom is 0.0480 e. The molecule has 2 unspecified atom stereocenters. The van der Waals surface area contributed by atoms with E-state index in [0.717, 1.165) is 19.1 Å². The van der Waals surface area contributed by atoms with Crippen molar-refractivity contribution < 1.29 is 4.74 Å². The summed E-state index contributed by atoms with van der Waals surface area (Å²) in [7, 11) is 0. The molecule has 2 aliphatic rings. The Kier molecular flexibility index (Phi) is 5.07. The molecule has 0 aliphatic carbocycles. The molecule has 0 amide bonds. The van der Waals surface area contributed by atoms with Crippen molar-refractivity contribution in [2.45, 2.75) is 38.6 Å². The normalized spacial score (nSPS) is 32.8. The highest BCUT2D eigenvalue weighted by atomic mass is 16.5. The number of likely N-dealkylation sites (tertiary alicyclic amines) is 1. The SMILES string of the molecule is CCN1CCC(CNC2CCCOCC2)C1.